The van der Waals surface area contributed by atoms with Crippen LogP contribution in [0.25, 0.3) is 0 Å². The van der Waals surface area contributed by atoms with Crippen molar-refractivity contribution in [3.63, 3.8) is 0 Å². The fourth-order valence-corrected chi connectivity index (χ4v) is 5.51. The molecule has 14 heteroatoms. The molecule has 3 rings (SSSR count). The molecule has 2 aromatic carbocycles. The lowest BCUT2D eigenvalue weighted by molar-refractivity contribution is -0.138. The number of nitrogens with zero attached hydrogens (tertiary/aromatic N) is 3. The predicted octanol–water partition coefficient (Wildman–Crippen LogP) is 4.99. The Kier molecular flexibility index (Phi) is 9.87. The van der Waals surface area contributed by atoms with Crippen molar-refractivity contribution in [1.29, 1.82) is 0 Å². The van der Waals surface area contributed by atoms with Crippen LogP contribution in [0.5, 0.6) is 0 Å². The lowest BCUT2D eigenvalue weighted by Gasteiger charge is -2.36. The molecule has 2 amide bonds. The van der Waals surface area contributed by atoms with Crippen molar-refractivity contribution >= 4 is 39.3 Å². The summed E-state index contributed by atoms with van der Waals surface area (Å²) >= 11 is 5.99. The van der Waals surface area contributed by atoms with Crippen LogP contribution in [-0.2, 0) is 34.0 Å². The van der Waals surface area contributed by atoms with Crippen LogP contribution >= 0.6 is 11.6 Å². The van der Waals surface area contributed by atoms with E-state index in [9.17, 15) is 31.2 Å². The molecule has 1 fully saturated rings. The largest absolute Gasteiger partial charge is 0.444 e. The average molecular weight is 619 g/mol. The van der Waals surface area contributed by atoms with E-state index < -0.39 is 57.2 Å². The number of alkyl halides is 3. The molecule has 9 nitrogen and oxygen atoms in total. The summed E-state index contributed by atoms with van der Waals surface area (Å²) in [6.07, 6.45) is -5.35. The standard InChI is InChI=1S/C27H34ClF3N4O5S/c1-5-41(38,39)35(16-18-7-6-8-20(28)13-18)24(36)21-15-22(27(29,30)31)19(14-23(21)32)17-33-9-11-34(12-10-33)25(37)40-26(2,3)4/h6-8,13-15H,5,9-12,16-17,32H2,1-4H3. The summed E-state index contributed by atoms with van der Waals surface area (Å²) < 4.78 is 74.2. The maximum Gasteiger partial charge on any atom is 0.416 e. The molecule has 2 N–H and O–H groups in total. The van der Waals surface area contributed by atoms with Crippen LogP contribution in [0.4, 0.5) is 23.7 Å². The van der Waals surface area contributed by atoms with E-state index in [-0.39, 0.29) is 30.9 Å². The molecule has 1 aliphatic rings. The second-order valence-corrected chi connectivity index (χ2v) is 13.3. The number of nitrogens with two attached hydrogens (primary N) is 1. The highest BCUT2D eigenvalue weighted by Crippen LogP contribution is 2.36. The Balaban J connectivity index is 1.88. The number of anilines is 1. The molecule has 41 heavy (non-hydrogen) atoms. The maximum absolute atomic E-state index is 14.2. The monoisotopic (exact) mass is 618 g/mol. The van der Waals surface area contributed by atoms with Gasteiger partial charge in [-0.1, -0.05) is 23.7 Å². The molecule has 0 atom stereocenters. The van der Waals surface area contributed by atoms with Crippen LogP contribution < -0.4 is 5.73 Å². The van der Waals surface area contributed by atoms with Gasteiger partial charge >= 0.3 is 12.3 Å². The van der Waals surface area contributed by atoms with E-state index in [2.05, 4.69) is 0 Å². The number of carbonyl (C=O) groups is 2. The van der Waals surface area contributed by atoms with Crippen LogP contribution in [0.1, 0.15) is 54.7 Å². The third-order valence-corrected chi connectivity index (χ3v) is 8.30. The van der Waals surface area contributed by atoms with Gasteiger partial charge in [-0.2, -0.15) is 13.2 Å². The number of rotatable bonds is 7. The fraction of sp³-hybridized carbons (Fsp3) is 0.481. The number of amides is 2. The third kappa shape index (κ3) is 8.49. The Morgan fingerprint density at radius 1 is 1.07 bits per heavy atom. The number of sulfonamides is 1. The third-order valence-electron chi connectivity index (χ3n) is 6.37. The molecule has 1 aliphatic heterocycles. The number of piperazine rings is 1. The maximum atomic E-state index is 14.2. The minimum Gasteiger partial charge on any atom is -0.444 e. The summed E-state index contributed by atoms with van der Waals surface area (Å²) in [5, 5.41) is 0.305. The van der Waals surface area contributed by atoms with Crippen molar-refractivity contribution in [2.45, 2.75) is 52.6 Å². The molecule has 0 bridgehead atoms. The molecule has 0 radical (unpaired) electrons. The molecule has 0 aromatic heterocycles. The molecule has 0 spiro atoms. The first-order chi connectivity index (χ1) is 18.9. The Bertz CT molecular complexity index is 1390. The van der Waals surface area contributed by atoms with Gasteiger partial charge in [-0.3, -0.25) is 9.69 Å². The van der Waals surface area contributed by atoms with Gasteiger partial charge in [0.05, 0.1) is 23.4 Å². The summed E-state index contributed by atoms with van der Waals surface area (Å²) in [6.45, 7) is 7.08. The van der Waals surface area contributed by atoms with Crippen LogP contribution in [-0.4, -0.2) is 72.1 Å². The second kappa shape index (κ2) is 12.5. The quantitative estimate of drug-likeness (QED) is 0.435. The van der Waals surface area contributed by atoms with Crippen molar-refractivity contribution in [3.8, 4) is 0 Å². The Morgan fingerprint density at radius 3 is 2.24 bits per heavy atom. The van der Waals surface area contributed by atoms with Crippen LogP contribution in [0, 0.1) is 0 Å². The van der Waals surface area contributed by atoms with E-state index in [0.29, 0.717) is 34.0 Å². The van der Waals surface area contributed by atoms with E-state index >= 15 is 0 Å². The molecular weight excluding hydrogens is 585 g/mol. The van der Waals surface area contributed by atoms with Crippen molar-refractivity contribution in [2.75, 3.05) is 37.7 Å². The zero-order chi connectivity index (χ0) is 30.8. The smallest absolute Gasteiger partial charge is 0.416 e. The summed E-state index contributed by atoms with van der Waals surface area (Å²) in [4.78, 5) is 29.0. The fourth-order valence-electron chi connectivity index (χ4n) is 4.29. The number of hydrogen-bond acceptors (Lipinski definition) is 7. The van der Waals surface area contributed by atoms with Crippen LogP contribution in [0.15, 0.2) is 36.4 Å². The number of benzene rings is 2. The first-order valence-electron chi connectivity index (χ1n) is 12.9. The van der Waals surface area contributed by atoms with Crippen molar-refractivity contribution in [2.24, 2.45) is 0 Å². The van der Waals surface area contributed by atoms with Gasteiger partial charge in [0.25, 0.3) is 5.91 Å². The number of nitrogen functional groups attached to an aromatic ring is 1. The lowest BCUT2D eigenvalue weighted by Crippen LogP contribution is -2.49. The van der Waals surface area contributed by atoms with Gasteiger partial charge in [-0.25, -0.2) is 17.5 Å². The average Bonchev–Trinajstić information content (AvgIpc) is 2.85. The highest BCUT2D eigenvalue weighted by atomic mass is 35.5. The topological polar surface area (TPSA) is 113 Å². The van der Waals surface area contributed by atoms with Gasteiger partial charge in [0.2, 0.25) is 10.0 Å². The van der Waals surface area contributed by atoms with E-state index in [0.717, 1.165) is 6.07 Å². The molecule has 1 heterocycles. The number of hydrogen-bond donors (Lipinski definition) is 1. The molecule has 2 aromatic rings. The predicted molar refractivity (Wildman–Crippen MR) is 150 cm³/mol. The van der Waals surface area contributed by atoms with Gasteiger partial charge in [0, 0.05) is 43.4 Å². The van der Waals surface area contributed by atoms with E-state index in [4.69, 9.17) is 22.1 Å². The summed E-state index contributed by atoms with van der Waals surface area (Å²) in [7, 11) is -4.19. The first-order valence-corrected chi connectivity index (χ1v) is 14.9. The highest BCUT2D eigenvalue weighted by Gasteiger charge is 2.37. The summed E-state index contributed by atoms with van der Waals surface area (Å²) in [5.74, 6) is -1.63. The Hall–Kier alpha value is -3.03. The minimum atomic E-state index is -4.85. The molecule has 0 saturated carbocycles. The molecule has 1 saturated heterocycles. The first kappa shape index (κ1) is 32.5. The molecule has 0 aliphatic carbocycles. The van der Waals surface area contributed by atoms with Crippen molar-refractivity contribution in [1.82, 2.24) is 14.1 Å². The minimum absolute atomic E-state index is 0.144. The normalized spacial score (nSPS) is 15.1. The lowest BCUT2D eigenvalue weighted by atomic mass is 10.00. The number of carbonyl (C=O) groups excluding carboxylic acids is 2. The Labute approximate surface area is 243 Å². The van der Waals surface area contributed by atoms with Crippen LogP contribution in [0.2, 0.25) is 5.02 Å². The van der Waals surface area contributed by atoms with Gasteiger partial charge in [-0.15, -0.1) is 0 Å². The van der Waals surface area contributed by atoms with Gasteiger partial charge in [0.15, 0.2) is 0 Å². The van der Waals surface area contributed by atoms with Gasteiger partial charge in [0.1, 0.15) is 5.60 Å². The highest BCUT2D eigenvalue weighted by molar-refractivity contribution is 7.89. The van der Waals surface area contributed by atoms with E-state index in [1.165, 1.54) is 17.9 Å². The molecular formula is C27H34ClF3N4O5S. The number of halogens is 4. The zero-order valence-corrected chi connectivity index (χ0v) is 24.9. The van der Waals surface area contributed by atoms with Gasteiger partial charge in [-0.05, 0) is 63.1 Å². The van der Waals surface area contributed by atoms with Crippen molar-refractivity contribution < 1.29 is 35.9 Å². The van der Waals surface area contributed by atoms with E-state index in [1.54, 1.807) is 43.9 Å². The molecule has 226 valence electrons. The summed E-state index contributed by atoms with van der Waals surface area (Å²) in [5.41, 5.74) is 3.66. The summed E-state index contributed by atoms with van der Waals surface area (Å²) in [6, 6.07) is 7.82. The molecule has 0 unspecified atom stereocenters. The van der Waals surface area contributed by atoms with E-state index in [1.807, 2.05) is 0 Å². The second-order valence-electron chi connectivity index (χ2n) is 10.7. The zero-order valence-electron chi connectivity index (χ0n) is 23.3. The Morgan fingerprint density at radius 2 is 1.71 bits per heavy atom. The SMILES string of the molecule is CCS(=O)(=O)N(Cc1cccc(Cl)c1)C(=O)c1cc(C(F)(F)F)c(CN2CCN(C(=O)OC(C)(C)C)CC2)cc1N. The van der Waals surface area contributed by atoms with Crippen molar-refractivity contribution in [3.05, 3.63) is 63.7 Å². The number of ether oxygens (including phenoxy) is 1. The van der Waals surface area contributed by atoms with Gasteiger partial charge < -0.3 is 15.4 Å². The van der Waals surface area contributed by atoms with Crippen LogP contribution in [0.3, 0.4) is 0 Å².